The second-order valence-corrected chi connectivity index (χ2v) is 3.63. The number of aromatic nitrogens is 1. The van der Waals surface area contributed by atoms with Gasteiger partial charge in [0.1, 0.15) is 5.82 Å². The lowest BCUT2D eigenvalue weighted by molar-refractivity contribution is 0.966. The normalized spacial score (nSPS) is 10.2. The zero-order valence-electron chi connectivity index (χ0n) is 7.69. The molecule has 4 heteroatoms. The minimum absolute atomic E-state index is 0.573. The van der Waals surface area contributed by atoms with Crippen molar-refractivity contribution >= 4 is 29.0 Å². The second-order valence-electron chi connectivity index (χ2n) is 2.81. The van der Waals surface area contributed by atoms with Crippen molar-refractivity contribution in [1.82, 2.24) is 4.98 Å². The standard InChI is InChI=1S/C9H12Cl2N2/c1-3-4-12-9-8(11)5-7(10)6(2)13-9/h5H,3-4H2,1-2H3,(H,12,13). The molecule has 0 saturated carbocycles. The summed E-state index contributed by atoms with van der Waals surface area (Å²) in [4.78, 5) is 4.23. The van der Waals surface area contributed by atoms with Crippen LogP contribution in [-0.2, 0) is 0 Å². The summed E-state index contributed by atoms with van der Waals surface area (Å²) in [7, 11) is 0. The third-order valence-corrected chi connectivity index (χ3v) is 2.32. The van der Waals surface area contributed by atoms with Gasteiger partial charge in [-0.1, -0.05) is 30.1 Å². The zero-order chi connectivity index (χ0) is 9.84. The van der Waals surface area contributed by atoms with E-state index in [1.54, 1.807) is 6.07 Å². The van der Waals surface area contributed by atoms with Crippen LogP contribution in [-0.4, -0.2) is 11.5 Å². The van der Waals surface area contributed by atoms with E-state index in [0.717, 1.165) is 18.7 Å². The zero-order valence-corrected chi connectivity index (χ0v) is 9.21. The monoisotopic (exact) mass is 218 g/mol. The van der Waals surface area contributed by atoms with Gasteiger partial charge in [0.05, 0.1) is 15.7 Å². The van der Waals surface area contributed by atoms with Crippen molar-refractivity contribution in [2.24, 2.45) is 0 Å². The highest BCUT2D eigenvalue weighted by Crippen LogP contribution is 2.25. The van der Waals surface area contributed by atoms with Crippen LogP contribution in [0.5, 0.6) is 0 Å². The molecule has 13 heavy (non-hydrogen) atoms. The molecular formula is C9H12Cl2N2. The Morgan fingerprint density at radius 1 is 1.38 bits per heavy atom. The summed E-state index contributed by atoms with van der Waals surface area (Å²) in [5, 5.41) is 4.31. The fourth-order valence-corrected chi connectivity index (χ4v) is 1.35. The summed E-state index contributed by atoms with van der Waals surface area (Å²) in [6, 6.07) is 1.71. The molecule has 0 amide bonds. The molecule has 1 aromatic rings. The predicted octanol–water partition coefficient (Wildman–Crippen LogP) is 3.52. The van der Waals surface area contributed by atoms with E-state index in [0.29, 0.717) is 15.9 Å². The first-order valence-corrected chi connectivity index (χ1v) is 4.97. The molecule has 0 fully saturated rings. The highest BCUT2D eigenvalue weighted by molar-refractivity contribution is 6.36. The Hall–Kier alpha value is -0.470. The maximum absolute atomic E-state index is 5.93. The van der Waals surface area contributed by atoms with E-state index in [1.807, 2.05) is 6.92 Å². The third-order valence-electron chi connectivity index (χ3n) is 1.65. The van der Waals surface area contributed by atoms with E-state index in [2.05, 4.69) is 17.2 Å². The molecule has 0 atom stereocenters. The van der Waals surface area contributed by atoms with Gasteiger partial charge in [-0.2, -0.15) is 0 Å². The fraction of sp³-hybridized carbons (Fsp3) is 0.444. The van der Waals surface area contributed by atoms with Crippen molar-refractivity contribution in [2.75, 3.05) is 11.9 Å². The summed E-state index contributed by atoms with van der Waals surface area (Å²) < 4.78 is 0. The van der Waals surface area contributed by atoms with Crippen LogP contribution in [0.1, 0.15) is 19.0 Å². The number of halogens is 2. The largest absolute Gasteiger partial charge is 0.369 e. The Bertz CT molecular complexity index is 300. The molecular weight excluding hydrogens is 207 g/mol. The van der Waals surface area contributed by atoms with Crippen LogP contribution in [0.2, 0.25) is 10.0 Å². The fourth-order valence-electron chi connectivity index (χ4n) is 0.926. The molecule has 1 rings (SSSR count). The van der Waals surface area contributed by atoms with Gasteiger partial charge < -0.3 is 5.32 Å². The molecule has 0 bridgehead atoms. The van der Waals surface area contributed by atoms with Crippen LogP contribution in [0.4, 0.5) is 5.82 Å². The number of aryl methyl sites for hydroxylation is 1. The first kappa shape index (κ1) is 10.6. The van der Waals surface area contributed by atoms with Gasteiger partial charge in [0.2, 0.25) is 0 Å². The Balaban J connectivity index is 2.88. The van der Waals surface area contributed by atoms with Crippen LogP contribution in [0, 0.1) is 6.92 Å². The molecule has 2 nitrogen and oxygen atoms in total. The Labute approximate surface area is 88.3 Å². The van der Waals surface area contributed by atoms with E-state index < -0.39 is 0 Å². The van der Waals surface area contributed by atoms with E-state index in [9.17, 15) is 0 Å². The lowest BCUT2D eigenvalue weighted by Gasteiger charge is -2.07. The van der Waals surface area contributed by atoms with E-state index >= 15 is 0 Å². The summed E-state index contributed by atoms with van der Waals surface area (Å²) in [6.45, 7) is 4.81. The summed E-state index contributed by atoms with van der Waals surface area (Å²) >= 11 is 11.8. The Morgan fingerprint density at radius 2 is 2.08 bits per heavy atom. The molecule has 0 aliphatic rings. The molecule has 1 N–H and O–H groups in total. The van der Waals surface area contributed by atoms with Gasteiger partial charge >= 0.3 is 0 Å². The number of hydrogen-bond donors (Lipinski definition) is 1. The Kier molecular flexibility index (Phi) is 3.82. The molecule has 1 aromatic heterocycles. The average molecular weight is 219 g/mol. The highest BCUT2D eigenvalue weighted by Gasteiger charge is 2.04. The predicted molar refractivity (Wildman–Crippen MR) is 57.8 cm³/mol. The SMILES string of the molecule is CCCNc1nc(C)c(Cl)cc1Cl. The minimum atomic E-state index is 0.573. The molecule has 0 aromatic carbocycles. The molecule has 0 aliphatic heterocycles. The van der Waals surface area contributed by atoms with Crippen molar-refractivity contribution < 1.29 is 0 Å². The van der Waals surface area contributed by atoms with Gasteiger partial charge in [0, 0.05) is 6.54 Å². The molecule has 72 valence electrons. The average Bonchev–Trinajstić information content (AvgIpc) is 2.09. The number of anilines is 1. The van der Waals surface area contributed by atoms with E-state index in [4.69, 9.17) is 23.2 Å². The Morgan fingerprint density at radius 3 is 2.69 bits per heavy atom. The number of nitrogens with zero attached hydrogens (tertiary/aromatic N) is 1. The van der Waals surface area contributed by atoms with Gasteiger partial charge in [0.25, 0.3) is 0 Å². The number of pyridine rings is 1. The van der Waals surface area contributed by atoms with Gasteiger partial charge in [-0.3, -0.25) is 0 Å². The van der Waals surface area contributed by atoms with Crippen LogP contribution >= 0.6 is 23.2 Å². The molecule has 0 aliphatic carbocycles. The smallest absolute Gasteiger partial charge is 0.145 e. The minimum Gasteiger partial charge on any atom is -0.369 e. The van der Waals surface area contributed by atoms with Crippen molar-refractivity contribution in [3.63, 3.8) is 0 Å². The summed E-state index contributed by atoms with van der Waals surface area (Å²) in [5.41, 5.74) is 0.796. The number of hydrogen-bond acceptors (Lipinski definition) is 2. The molecule has 0 radical (unpaired) electrons. The molecule has 0 saturated heterocycles. The summed E-state index contributed by atoms with van der Waals surface area (Å²) in [5.74, 6) is 0.713. The number of rotatable bonds is 3. The third kappa shape index (κ3) is 2.75. The first-order chi connectivity index (χ1) is 6.15. The highest BCUT2D eigenvalue weighted by atomic mass is 35.5. The number of nitrogens with one attached hydrogen (secondary N) is 1. The van der Waals surface area contributed by atoms with Crippen molar-refractivity contribution in [1.29, 1.82) is 0 Å². The molecule has 0 unspecified atom stereocenters. The maximum Gasteiger partial charge on any atom is 0.145 e. The molecule has 1 heterocycles. The van der Waals surface area contributed by atoms with Crippen molar-refractivity contribution in [3.8, 4) is 0 Å². The van der Waals surface area contributed by atoms with Gasteiger partial charge in [0.15, 0.2) is 0 Å². The van der Waals surface area contributed by atoms with Gasteiger partial charge in [-0.25, -0.2) is 4.98 Å². The van der Waals surface area contributed by atoms with Gasteiger partial charge in [-0.15, -0.1) is 0 Å². The van der Waals surface area contributed by atoms with Crippen LogP contribution in [0.3, 0.4) is 0 Å². The second kappa shape index (κ2) is 4.68. The molecule has 0 spiro atoms. The summed E-state index contributed by atoms with van der Waals surface area (Å²) in [6.07, 6.45) is 1.04. The van der Waals surface area contributed by atoms with E-state index in [1.165, 1.54) is 0 Å². The lowest BCUT2D eigenvalue weighted by Crippen LogP contribution is -2.03. The van der Waals surface area contributed by atoms with E-state index in [-0.39, 0.29) is 0 Å². The van der Waals surface area contributed by atoms with Gasteiger partial charge in [-0.05, 0) is 19.4 Å². The van der Waals surface area contributed by atoms with Crippen molar-refractivity contribution in [2.45, 2.75) is 20.3 Å². The van der Waals surface area contributed by atoms with Crippen LogP contribution in [0.25, 0.3) is 0 Å². The van der Waals surface area contributed by atoms with Crippen LogP contribution in [0.15, 0.2) is 6.07 Å². The topological polar surface area (TPSA) is 24.9 Å². The quantitative estimate of drug-likeness (QED) is 0.841. The van der Waals surface area contributed by atoms with Crippen molar-refractivity contribution in [3.05, 3.63) is 21.8 Å². The lowest BCUT2D eigenvalue weighted by atomic mass is 10.3. The maximum atomic E-state index is 5.93. The van der Waals surface area contributed by atoms with Crippen LogP contribution < -0.4 is 5.32 Å². The first-order valence-electron chi connectivity index (χ1n) is 4.21.